The second-order valence-electron chi connectivity index (χ2n) is 4.36. The van der Waals surface area contributed by atoms with Crippen molar-refractivity contribution in [1.29, 1.82) is 0 Å². The fourth-order valence-corrected chi connectivity index (χ4v) is 1.65. The smallest absolute Gasteiger partial charge is 0.323 e. The highest BCUT2D eigenvalue weighted by Gasteiger charge is 2.19. The van der Waals surface area contributed by atoms with Crippen LogP contribution in [-0.2, 0) is 16.0 Å². The monoisotopic (exact) mass is 251 g/mol. The SMILES string of the molecule is CC(C)N(CC(=O)O)C(=O)Cc1cccc(O)c1. The van der Waals surface area contributed by atoms with Crippen molar-refractivity contribution in [2.24, 2.45) is 0 Å². The Morgan fingerprint density at radius 1 is 1.33 bits per heavy atom. The maximum atomic E-state index is 12.0. The van der Waals surface area contributed by atoms with Gasteiger partial charge in [0.2, 0.25) is 5.91 Å². The lowest BCUT2D eigenvalue weighted by molar-refractivity contribution is -0.145. The van der Waals surface area contributed by atoms with Gasteiger partial charge >= 0.3 is 5.97 Å². The molecule has 0 spiro atoms. The maximum Gasteiger partial charge on any atom is 0.323 e. The van der Waals surface area contributed by atoms with Crippen LogP contribution in [0.15, 0.2) is 24.3 Å². The molecule has 1 aromatic carbocycles. The van der Waals surface area contributed by atoms with Crippen LogP contribution in [0.3, 0.4) is 0 Å². The molecule has 98 valence electrons. The molecule has 0 fully saturated rings. The van der Waals surface area contributed by atoms with Gasteiger partial charge in [-0.25, -0.2) is 0 Å². The predicted molar refractivity (Wildman–Crippen MR) is 66.3 cm³/mol. The number of phenolic OH excluding ortho intramolecular Hbond substituents is 1. The number of aliphatic carboxylic acids is 1. The number of nitrogens with zero attached hydrogens (tertiary/aromatic N) is 1. The van der Waals surface area contributed by atoms with Gasteiger partial charge in [-0.1, -0.05) is 12.1 Å². The van der Waals surface area contributed by atoms with Crippen LogP contribution in [0.1, 0.15) is 19.4 Å². The Labute approximate surface area is 106 Å². The van der Waals surface area contributed by atoms with Crippen LogP contribution in [0.25, 0.3) is 0 Å². The summed E-state index contributed by atoms with van der Waals surface area (Å²) >= 11 is 0. The van der Waals surface area contributed by atoms with Crippen LogP contribution in [-0.4, -0.2) is 39.6 Å². The predicted octanol–water partition coefficient (Wildman–Crippen LogP) is 1.26. The minimum absolute atomic E-state index is 0.0832. The topological polar surface area (TPSA) is 77.8 Å². The molecular formula is C13H17NO4. The lowest BCUT2D eigenvalue weighted by Gasteiger charge is -2.24. The first-order valence-corrected chi connectivity index (χ1v) is 5.69. The van der Waals surface area contributed by atoms with Crippen molar-refractivity contribution in [3.8, 4) is 5.75 Å². The normalized spacial score (nSPS) is 10.4. The number of carboxylic acids is 1. The zero-order valence-electron chi connectivity index (χ0n) is 10.5. The number of rotatable bonds is 5. The van der Waals surface area contributed by atoms with Crippen molar-refractivity contribution in [1.82, 2.24) is 4.90 Å². The van der Waals surface area contributed by atoms with E-state index in [1.54, 1.807) is 26.0 Å². The first kappa shape index (κ1) is 14.0. The summed E-state index contributed by atoms with van der Waals surface area (Å²) in [6.07, 6.45) is 0.0832. The number of carboxylic acid groups (broad SMARTS) is 1. The maximum absolute atomic E-state index is 12.0. The number of carbonyl (C=O) groups excluding carboxylic acids is 1. The molecule has 0 heterocycles. The van der Waals surface area contributed by atoms with E-state index in [0.29, 0.717) is 5.56 Å². The van der Waals surface area contributed by atoms with Gasteiger partial charge < -0.3 is 15.1 Å². The molecule has 0 aliphatic heterocycles. The van der Waals surface area contributed by atoms with Crippen molar-refractivity contribution in [3.05, 3.63) is 29.8 Å². The molecule has 0 radical (unpaired) electrons. The summed E-state index contributed by atoms with van der Waals surface area (Å²) < 4.78 is 0. The summed E-state index contributed by atoms with van der Waals surface area (Å²) in [4.78, 5) is 24.0. The van der Waals surface area contributed by atoms with E-state index in [1.165, 1.54) is 17.0 Å². The van der Waals surface area contributed by atoms with E-state index in [9.17, 15) is 14.7 Å². The molecular weight excluding hydrogens is 234 g/mol. The second kappa shape index (κ2) is 6.05. The van der Waals surface area contributed by atoms with Crippen molar-refractivity contribution in [2.45, 2.75) is 26.3 Å². The molecule has 0 aromatic heterocycles. The summed E-state index contributed by atoms with van der Waals surface area (Å²) in [6, 6.07) is 6.21. The Morgan fingerprint density at radius 3 is 2.50 bits per heavy atom. The molecule has 1 aromatic rings. The van der Waals surface area contributed by atoms with E-state index in [4.69, 9.17) is 5.11 Å². The molecule has 0 bridgehead atoms. The van der Waals surface area contributed by atoms with Crippen LogP contribution in [0.5, 0.6) is 5.75 Å². The molecule has 0 unspecified atom stereocenters. The third kappa shape index (κ3) is 4.08. The average molecular weight is 251 g/mol. The molecule has 18 heavy (non-hydrogen) atoms. The van der Waals surface area contributed by atoms with Gasteiger partial charge in [0.15, 0.2) is 0 Å². The number of benzene rings is 1. The number of carbonyl (C=O) groups is 2. The van der Waals surface area contributed by atoms with E-state index < -0.39 is 5.97 Å². The third-order valence-corrected chi connectivity index (χ3v) is 2.52. The fraction of sp³-hybridized carbons (Fsp3) is 0.385. The quantitative estimate of drug-likeness (QED) is 0.825. The van der Waals surface area contributed by atoms with Crippen molar-refractivity contribution in [3.63, 3.8) is 0 Å². The number of aromatic hydroxyl groups is 1. The van der Waals surface area contributed by atoms with E-state index in [0.717, 1.165) is 0 Å². The van der Waals surface area contributed by atoms with E-state index >= 15 is 0 Å². The lowest BCUT2D eigenvalue weighted by Crippen LogP contribution is -2.41. The number of amides is 1. The number of hydrogen-bond donors (Lipinski definition) is 2. The molecule has 0 aliphatic carbocycles. The largest absolute Gasteiger partial charge is 0.508 e. The molecule has 0 atom stereocenters. The highest BCUT2D eigenvalue weighted by atomic mass is 16.4. The third-order valence-electron chi connectivity index (χ3n) is 2.52. The minimum Gasteiger partial charge on any atom is -0.508 e. The molecule has 0 saturated carbocycles. The van der Waals surface area contributed by atoms with Gasteiger partial charge in [0.05, 0.1) is 6.42 Å². The van der Waals surface area contributed by atoms with Gasteiger partial charge in [0, 0.05) is 6.04 Å². The molecule has 0 aliphatic rings. The Balaban J connectivity index is 2.75. The van der Waals surface area contributed by atoms with Crippen molar-refractivity contribution in [2.75, 3.05) is 6.54 Å². The minimum atomic E-state index is -1.03. The first-order chi connectivity index (χ1) is 8.40. The Morgan fingerprint density at radius 2 is 2.00 bits per heavy atom. The zero-order valence-corrected chi connectivity index (χ0v) is 10.5. The van der Waals surface area contributed by atoms with Gasteiger partial charge in [-0.15, -0.1) is 0 Å². The first-order valence-electron chi connectivity index (χ1n) is 5.69. The molecule has 1 rings (SSSR count). The van der Waals surface area contributed by atoms with Crippen LogP contribution in [0.4, 0.5) is 0 Å². The molecule has 0 saturated heterocycles. The summed E-state index contributed by atoms with van der Waals surface area (Å²) in [6.45, 7) is 3.22. The molecule has 5 nitrogen and oxygen atoms in total. The van der Waals surface area contributed by atoms with Gasteiger partial charge in [0.25, 0.3) is 0 Å². The van der Waals surface area contributed by atoms with Crippen LogP contribution >= 0.6 is 0 Å². The zero-order chi connectivity index (χ0) is 13.7. The Hall–Kier alpha value is -2.04. The van der Waals surface area contributed by atoms with E-state index in [2.05, 4.69) is 0 Å². The standard InChI is InChI=1S/C13H17NO4/c1-9(2)14(8-13(17)18)12(16)7-10-4-3-5-11(15)6-10/h3-6,9,15H,7-8H2,1-2H3,(H,17,18). The molecule has 1 amide bonds. The van der Waals surface area contributed by atoms with Crippen LogP contribution in [0, 0.1) is 0 Å². The van der Waals surface area contributed by atoms with Gasteiger partial charge in [-0.3, -0.25) is 9.59 Å². The van der Waals surface area contributed by atoms with E-state index in [1.807, 2.05) is 0 Å². The van der Waals surface area contributed by atoms with Gasteiger partial charge in [0.1, 0.15) is 12.3 Å². The fourth-order valence-electron chi connectivity index (χ4n) is 1.65. The average Bonchev–Trinajstić information content (AvgIpc) is 2.25. The second-order valence-corrected chi connectivity index (χ2v) is 4.36. The highest BCUT2D eigenvalue weighted by molar-refractivity contribution is 5.83. The summed E-state index contributed by atoms with van der Waals surface area (Å²) in [5, 5.41) is 18.1. The summed E-state index contributed by atoms with van der Waals surface area (Å²) in [5.41, 5.74) is 0.663. The number of hydrogen-bond acceptors (Lipinski definition) is 3. The molecule has 5 heteroatoms. The number of phenols is 1. The van der Waals surface area contributed by atoms with Crippen molar-refractivity contribution < 1.29 is 19.8 Å². The lowest BCUT2D eigenvalue weighted by atomic mass is 10.1. The summed E-state index contributed by atoms with van der Waals surface area (Å²) in [7, 11) is 0. The van der Waals surface area contributed by atoms with Crippen LogP contribution in [0.2, 0.25) is 0 Å². The Kier molecular flexibility index (Phi) is 4.71. The van der Waals surface area contributed by atoms with Gasteiger partial charge in [-0.05, 0) is 31.5 Å². The van der Waals surface area contributed by atoms with E-state index in [-0.39, 0.29) is 30.7 Å². The van der Waals surface area contributed by atoms with Crippen molar-refractivity contribution >= 4 is 11.9 Å². The molecule has 2 N–H and O–H groups in total. The van der Waals surface area contributed by atoms with Gasteiger partial charge in [-0.2, -0.15) is 0 Å². The van der Waals surface area contributed by atoms with Crippen LogP contribution < -0.4 is 0 Å². The Bertz CT molecular complexity index is 442. The summed E-state index contributed by atoms with van der Waals surface area (Å²) in [5.74, 6) is -1.21. The highest BCUT2D eigenvalue weighted by Crippen LogP contribution is 2.13.